The van der Waals surface area contributed by atoms with Crippen molar-refractivity contribution in [3.8, 4) is 11.4 Å². The Labute approximate surface area is 188 Å². The number of aryl methyl sites for hydroxylation is 1. The summed E-state index contributed by atoms with van der Waals surface area (Å²) in [7, 11) is 0. The van der Waals surface area contributed by atoms with Crippen LogP contribution < -0.4 is 4.74 Å². The van der Waals surface area contributed by atoms with Crippen molar-refractivity contribution >= 4 is 5.91 Å². The van der Waals surface area contributed by atoms with E-state index in [-0.39, 0.29) is 12.0 Å². The zero-order chi connectivity index (χ0) is 22.1. The standard InChI is InChI=1S/C26H29N3O3/c1-18-13-16-29(27-18)21-11-9-19(10-12-21)17-28-15-14-20-5-4-8-24(25(20)26(28)31)32-23-7-3-2-6-22(23)30/h4-5,8-13,16,22-23,30H,2-3,6-7,14-15,17H2,1H3/t22-,23-/m0/s1. The summed E-state index contributed by atoms with van der Waals surface area (Å²) in [4.78, 5) is 15.3. The summed E-state index contributed by atoms with van der Waals surface area (Å²) >= 11 is 0. The minimum absolute atomic E-state index is 0.000994. The third-order valence-electron chi connectivity index (χ3n) is 6.51. The summed E-state index contributed by atoms with van der Waals surface area (Å²) in [6.07, 6.45) is 5.70. The Hall–Kier alpha value is -3.12. The molecule has 1 aromatic heterocycles. The largest absolute Gasteiger partial charge is 0.487 e. The number of nitrogens with zero attached hydrogens (tertiary/aromatic N) is 3. The fourth-order valence-corrected chi connectivity index (χ4v) is 4.70. The number of aromatic nitrogens is 2. The molecule has 2 aliphatic rings. The van der Waals surface area contributed by atoms with E-state index in [1.165, 1.54) is 0 Å². The highest BCUT2D eigenvalue weighted by molar-refractivity contribution is 5.99. The van der Waals surface area contributed by atoms with Gasteiger partial charge in [-0.15, -0.1) is 0 Å². The van der Waals surface area contributed by atoms with Gasteiger partial charge in [-0.25, -0.2) is 4.68 Å². The van der Waals surface area contributed by atoms with Crippen LogP contribution in [0.25, 0.3) is 5.69 Å². The highest BCUT2D eigenvalue weighted by Gasteiger charge is 2.31. The smallest absolute Gasteiger partial charge is 0.258 e. The number of carbonyl (C=O) groups is 1. The van der Waals surface area contributed by atoms with Crippen molar-refractivity contribution in [1.82, 2.24) is 14.7 Å². The first kappa shape index (κ1) is 20.8. The van der Waals surface area contributed by atoms with Gasteiger partial charge in [0, 0.05) is 19.3 Å². The Kier molecular flexibility index (Phi) is 5.70. The highest BCUT2D eigenvalue weighted by atomic mass is 16.5. The number of aliphatic hydroxyl groups excluding tert-OH is 1. The van der Waals surface area contributed by atoms with E-state index >= 15 is 0 Å². The molecule has 32 heavy (non-hydrogen) atoms. The Morgan fingerprint density at radius 3 is 2.66 bits per heavy atom. The van der Waals surface area contributed by atoms with Crippen LogP contribution in [0.15, 0.2) is 54.7 Å². The van der Waals surface area contributed by atoms with Crippen molar-refractivity contribution in [1.29, 1.82) is 0 Å². The van der Waals surface area contributed by atoms with E-state index in [1.807, 2.05) is 59.1 Å². The topological polar surface area (TPSA) is 67.6 Å². The molecule has 1 fully saturated rings. The Bertz CT molecular complexity index is 1110. The number of carbonyl (C=O) groups excluding carboxylic acids is 1. The number of hydrogen-bond donors (Lipinski definition) is 1. The second kappa shape index (κ2) is 8.79. The summed E-state index contributed by atoms with van der Waals surface area (Å²) in [5.74, 6) is 0.603. The van der Waals surface area contributed by atoms with E-state index < -0.39 is 6.10 Å². The fraction of sp³-hybridized carbons (Fsp3) is 0.385. The van der Waals surface area contributed by atoms with Gasteiger partial charge in [-0.1, -0.05) is 30.7 Å². The van der Waals surface area contributed by atoms with Crippen LogP contribution in [0.4, 0.5) is 0 Å². The lowest BCUT2D eigenvalue weighted by Crippen LogP contribution is -2.39. The molecule has 6 heteroatoms. The lowest BCUT2D eigenvalue weighted by atomic mass is 9.94. The SMILES string of the molecule is Cc1ccn(-c2ccc(CN3CCc4cccc(O[C@H]5CCCC[C@@H]5O)c4C3=O)cc2)n1. The minimum atomic E-state index is -0.466. The lowest BCUT2D eigenvalue weighted by molar-refractivity contribution is 0.00599. The van der Waals surface area contributed by atoms with E-state index in [9.17, 15) is 9.90 Å². The third-order valence-corrected chi connectivity index (χ3v) is 6.51. The Morgan fingerprint density at radius 2 is 1.91 bits per heavy atom. The maximum atomic E-state index is 13.4. The van der Waals surface area contributed by atoms with Crippen molar-refractivity contribution in [3.63, 3.8) is 0 Å². The van der Waals surface area contributed by atoms with Crippen molar-refractivity contribution in [2.45, 2.75) is 57.8 Å². The van der Waals surface area contributed by atoms with Crippen LogP contribution >= 0.6 is 0 Å². The molecule has 0 spiro atoms. The van der Waals surface area contributed by atoms with Gasteiger partial charge in [0.15, 0.2) is 0 Å². The van der Waals surface area contributed by atoms with Gasteiger partial charge in [-0.3, -0.25) is 4.79 Å². The molecular weight excluding hydrogens is 402 g/mol. The average molecular weight is 432 g/mol. The van der Waals surface area contributed by atoms with Crippen molar-refractivity contribution in [3.05, 3.63) is 77.1 Å². The molecule has 1 aliphatic heterocycles. The first-order valence-corrected chi connectivity index (χ1v) is 11.5. The van der Waals surface area contributed by atoms with Gasteiger partial charge < -0.3 is 14.7 Å². The van der Waals surface area contributed by atoms with Crippen LogP contribution in [-0.2, 0) is 13.0 Å². The predicted molar refractivity (Wildman–Crippen MR) is 122 cm³/mol. The van der Waals surface area contributed by atoms with E-state index in [1.54, 1.807) is 0 Å². The van der Waals surface area contributed by atoms with E-state index in [0.717, 1.165) is 54.6 Å². The van der Waals surface area contributed by atoms with Gasteiger partial charge in [0.05, 0.1) is 23.0 Å². The molecule has 3 aromatic rings. The summed E-state index contributed by atoms with van der Waals surface area (Å²) in [5, 5.41) is 14.8. The number of hydrogen-bond acceptors (Lipinski definition) is 4. The first-order chi connectivity index (χ1) is 15.6. The summed E-state index contributed by atoms with van der Waals surface area (Å²) in [5.41, 5.74) is 4.73. The predicted octanol–water partition coefficient (Wildman–Crippen LogP) is 4.06. The number of benzene rings is 2. The number of ether oxygens (including phenoxy) is 1. The highest BCUT2D eigenvalue weighted by Crippen LogP contribution is 2.32. The fourth-order valence-electron chi connectivity index (χ4n) is 4.70. The number of fused-ring (bicyclic) bond motifs is 1. The minimum Gasteiger partial charge on any atom is -0.487 e. The lowest BCUT2D eigenvalue weighted by Gasteiger charge is -2.32. The first-order valence-electron chi connectivity index (χ1n) is 11.5. The maximum Gasteiger partial charge on any atom is 0.258 e. The number of amides is 1. The average Bonchev–Trinajstić information content (AvgIpc) is 3.24. The molecule has 1 amide bonds. The molecule has 2 aromatic carbocycles. The van der Waals surface area contributed by atoms with E-state index in [0.29, 0.717) is 24.4 Å². The van der Waals surface area contributed by atoms with Crippen LogP contribution in [-0.4, -0.2) is 44.4 Å². The number of aliphatic hydroxyl groups is 1. The molecule has 0 radical (unpaired) electrons. The molecule has 6 nitrogen and oxygen atoms in total. The monoisotopic (exact) mass is 431 g/mol. The number of rotatable bonds is 5. The Morgan fingerprint density at radius 1 is 1.09 bits per heavy atom. The quantitative estimate of drug-likeness (QED) is 0.662. The maximum absolute atomic E-state index is 13.4. The van der Waals surface area contributed by atoms with Gasteiger partial charge in [-0.2, -0.15) is 5.10 Å². The molecule has 2 atom stereocenters. The van der Waals surface area contributed by atoms with Gasteiger partial charge in [0.1, 0.15) is 11.9 Å². The Balaban J connectivity index is 1.33. The van der Waals surface area contributed by atoms with Gasteiger partial charge in [-0.05, 0) is 68.0 Å². The molecule has 166 valence electrons. The van der Waals surface area contributed by atoms with Crippen LogP contribution in [0, 0.1) is 6.92 Å². The second-order valence-corrected chi connectivity index (χ2v) is 8.84. The molecule has 1 N–H and O–H groups in total. The molecule has 0 bridgehead atoms. The third kappa shape index (κ3) is 4.15. The molecule has 0 unspecified atom stereocenters. The van der Waals surface area contributed by atoms with Crippen LogP contribution in [0.2, 0.25) is 0 Å². The van der Waals surface area contributed by atoms with Gasteiger partial charge in [0.25, 0.3) is 5.91 Å². The normalized spacial score (nSPS) is 20.8. The molecule has 5 rings (SSSR count). The second-order valence-electron chi connectivity index (χ2n) is 8.84. The van der Waals surface area contributed by atoms with Crippen LogP contribution in [0.1, 0.15) is 52.9 Å². The summed E-state index contributed by atoms with van der Waals surface area (Å²) < 4.78 is 8.05. The molecule has 1 aliphatic carbocycles. The molecule has 1 saturated carbocycles. The molecular formula is C26H29N3O3. The molecule has 2 heterocycles. The van der Waals surface area contributed by atoms with Gasteiger partial charge in [0.2, 0.25) is 0 Å². The zero-order valence-electron chi connectivity index (χ0n) is 18.4. The summed E-state index contributed by atoms with van der Waals surface area (Å²) in [6.45, 7) is 3.20. The zero-order valence-corrected chi connectivity index (χ0v) is 18.4. The van der Waals surface area contributed by atoms with Crippen molar-refractivity contribution in [2.75, 3.05) is 6.54 Å². The summed E-state index contributed by atoms with van der Waals surface area (Å²) in [6, 6.07) is 16.0. The van der Waals surface area contributed by atoms with Crippen molar-refractivity contribution in [2.24, 2.45) is 0 Å². The van der Waals surface area contributed by atoms with Crippen LogP contribution in [0.3, 0.4) is 0 Å². The molecule has 0 saturated heterocycles. The van der Waals surface area contributed by atoms with Crippen molar-refractivity contribution < 1.29 is 14.6 Å². The van der Waals surface area contributed by atoms with Crippen LogP contribution in [0.5, 0.6) is 5.75 Å². The van der Waals surface area contributed by atoms with E-state index in [4.69, 9.17) is 4.74 Å². The van der Waals surface area contributed by atoms with Gasteiger partial charge >= 0.3 is 0 Å². The van der Waals surface area contributed by atoms with E-state index in [2.05, 4.69) is 17.2 Å².